The molecular formula is C52H83N3O15P2. The molecule has 0 bridgehead atoms. The highest BCUT2D eigenvalue weighted by Gasteiger charge is 2.46. The normalized spacial score (nSPS) is 19.8. The van der Waals surface area contributed by atoms with Crippen LogP contribution in [0.3, 0.4) is 0 Å². The fraction of sp³-hybridized carbons (Fsp3) is 0.615. The minimum Gasteiger partial charge on any atom is -0.462 e. The molecule has 0 aliphatic carbocycles. The Bertz CT molecular complexity index is 2040. The molecule has 1 aromatic rings. The average Bonchev–Trinajstić information content (AvgIpc) is 3.62. The fourth-order valence-electron chi connectivity index (χ4n) is 7.04. The lowest BCUT2D eigenvalue weighted by atomic mass is 10.1. The van der Waals surface area contributed by atoms with E-state index >= 15 is 0 Å². The number of anilines is 1. The molecule has 406 valence electrons. The largest absolute Gasteiger partial charge is 0.481 e. The number of aromatic nitrogens is 2. The summed E-state index contributed by atoms with van der Waals surface area (Å²) in [5.74, 6) is -1.41. The number of aliphatic hydroxyl groups excluding tert-OH is 2. The number of hydrogen-bond acceptors (Lipinski definition) is 15. The lowest BCUT2D eigenvalue weighted by Gasteiger charge is -2.21. The van der Waals surface area contributed by atoms with Crippen LogP contribution in [0.25, 0.3) is 0 Å². The first-order valence-electron chi connectivity index (χ1n) is 25.6. The van der Waals surface area contributed by atoms with E-state index in [-0.39, 0.29) is 18.7 Å². The van der Waals surface area contributed by atoms with Gasteiger partial charge in [0.2, 0.25) is 0 Å². The van der Waals surface area contributed by atoms with Gasteiger partial charge in [-0.25, -0.2) is 13.9 Å². The van der Waals surface area contributed by atoms with Crippen molar-refractivity contribution in [3.05, 3.63) is 108 Å². The second kappa shape index (κ2) is 39.4. The number of unbranched alkanes of at least 4 members (excludes halogenated alkanes) is 11. The number of nitrogen functional groups attached to an aromatic ring is 1. The summed E-state index contributed by atoms with van der Waals surface area (Å²) in [5, 5.41) is 20.9. The van der Waals surface area contributed by atoms with E-state index < -0.39 is 83.7 Å². The molecule has 1 saturated heterocycles. The van der Waals surface area contributed by atoms with Gasteiger partial charge in [-0.05, 0) is 83.1 Å². The molecule has 20 heteroatoms. The van der Waals surface area contributed by atoms with Crippen molar-refractivity contribution in [3.8, 4) is 0 Å². The van der Waals surface area contributed by atoms with Gasteiger partial charge in [0.25, 0.3) is 0 Å². The van der Waals surface area contributed by atoms with Crippen molar-refractivity contribution >= 4 is 33.4 Å². The molecule has 6 N–H and O–H groups in total. The van der Waals surface area contributed by atoms with Crippen LogP contribution in [0.1, 0.15) is 161 Å². The van der Waals surface area contributed by atoms with Crippen molar-refractivity contribution in [1.82, 2.24) is 9.55 Å². The monoisotopic (exact) mass is 1050 g/mol. The zero-order valence-electron chi connectivity index (χ0n) is 42.4. The third-order valence-corrected chi connectivity index (χ3v) is 13.6. The Morgan fingerprint density at radius 1 is 0.681 bits per heavy atom. The highest BCUT2D eigenvalue weighted by molar-refractivity contribution is 7.61. The van der Waals surface area contributed by atoms with Gasteiger partial charge in [-0.3, -0.25) is 23.2 Å². The number of esters is 2. The summed E-state index contributed by atoms with van der Waals surface area (Å²) >= 11 is 0. The maximum Gasteiger partial charge on any atom is 0.481 e. The van der Waals surface area contributed by atoms with Gasteiger partial charge in [-0.1, -0.05) is 150 Å². The van der Waals surface area contributed by atoms with Crippen LogP contribution in [0.2, 0.25) is 0 Å². The molecule has 3 unspecified atom stereocenters. The summed E-state index contributed by atoms with van der Waals surface area (Å²) in [5.41, 5.74) is 4.58. The van der Waals surface area contributed by atoms with Crippen molar-refractivity contribution in [2.45, 2.75) is 186 Å². The Kier molecular flexibility index (Phi) is 35.1. The number of allylic oxidation sites excluding steroid dienone is 14. The summed E-state index contributed by atoms with van der Waals surface area (Å²) in [4.78, 5) is 61.9. The van der Waals surface area contributed by atoms with Crippen molar-refractivity contribution < 1.29 is 66.3 Å². The number of nitrogens with two attached hydrogens (primary N) is 1. The molecule has 1 aromatic heterocycles. The second-order valence-corrected chi connectivity index (χ2v) is 20.3. The number of carbonyl (C=O) groups is 2. The van der Waals surface area contributed by atoms with Gasteiger partial charge in [-0.15, -0.1) is 0 Å². The number of aliphatic hydroxyl groups is 2. The van der Waals surface area contributed by atoms with Crippen LogP contribution in [0.15, 0.2) is 102 Å². The van der Waals surface area contributed by atoms with E-state index in [0.29, 0.717) is 19.3 Å². The van der Waals surface area contributed by atoms with E-state index in [1.54, 1.807) is 0 Å². The van der Waals surface area contributed by atoms with Crippen molar-refractivity contribution in [2.24, 2.45) is 0 Å². The predicted octanol–water partition coefficient (Wildman–Crippen LogP) is 10.7. The zero-order valence-corrected chi connectivity index (χ0v) is 44.2. The Balaban J connectivity index is 1.83. The summed E-state index contributed by atoms with van der Waals surface area (Å²) < 4.78 is 56.7. The van der Waals surface area contributed by atoms with E-state index in [2.05, 4.69) is 90.0 Å². The molecule has 0 amide bonds. The molecule has 0 saturated carbocycles. The van der Waals surface area contributed by atoms with Gasteiger partial charge in [0.15, 0.2) is 12.3 Å². The summed E-state index contributed by atoms with van der Waals surface area (Å²) in [7, 11) is -10.9. The Morgan fingerprint density at radius 2 is 1.19 bits per heavy atom. The molecule has 1 fully saturated rings. The van der Waals surface area contributed by atoms with Gasteiger partial charge >= 0.3 is 33.3 Å². The molecule has 0 radical (unpaired) electrons. The summed E-state index contributed by atoms with van der Waals surface area (Å²) in [6.45, 7) is 1.95. The first-order chi connectivity index (χ1) is 34.7. The Morgan fingerprint density at radius 3 is 1.76 bits per heavy atom. The van der Waals surface area contributed by atoms with Crippen LogP contribution in [-0.4, -0.2) is 85.7 Å². The molecule has 72 heavy (non-hydrogen) atoms. The minimum atomic E-state index is -5.44. The maximum atomic E-state index is 12.9. The predicted molar refractivity (Wildman–Crippen MR) is 279 cm³/mol. The molecule has 0 spiro atoms. The van der Waals surface area contributed by atoms with E-state index in [0.717, 1.165) is 94.2 Å². The van der Waals surface area contributed by atoms with Crippen LogP contribution in [0.4, 0.5) is 5.82 Å². The quantitative estimate of drug-likeness (QED) is 0.0177. The molecule has 2 rings (SSSR count). The molecule has 7 atom stereocenters. The number of rotatable bonds is 41. The lowest BCUT2D eigenvalue weighted by molar-refractivity contribution is -0.161. The fourth-order valence-corrected chi connectivity index (χ4v) is 9.15. The van der Waals surface area contributed by atoms with Crippen LogP contribution >= 0.6 is 15.6 Å². The van der Waals surface area contributed by atoms with Crippen molar-refractivity contribution in [2.75, 3.05) is 25.6 Å². The van der Waals surface area contributed by atoms with Gasteiger partial charge in [0.1, 0.15) is 30.7 Å². The highest BCUT2D eigenvalue weighted by Crippen LogP contribution is 2.60. The van der Waals surface area contributed by atoms with Gasteiger partial charge in [-0.2, -0.15) is 9.29 Å². The van der Waals surface area contributed by atoms with Gasteiger partial charge in [0.05, 0.1) is 13.2 Å². The van der Waals surface area contributed by atoms with Gasteiger partial charge in [0, 0.05) is 19.0 Å². The van der Waals surface area contributed by atoms with Crippen molar-refractivity contribution in [1.29, 1.82) is 0 Å². The number of carbonyl (C=O) groups excluding carboxylic acids is 2. The molecule has 1 aliphatic heterocycles. The second-order valence-electron chi connectivity index (χ2n) is 17.3. The van der Waals surface area contributed by atoms with Crippen LogP contribution in [0, 0.1) is 0 Å². The molecular weight excluding hydrogens is 969 g/mol. The smallest absolute Gasteiger partial charge is 0.462 e. The average molecular weight is 1050 g/mol. The van der Waals surface area contributed by atoms with E-state index in [9.17, 15) is 43.5 Å². The molecule has 2 heterocycles. The standard InChI is InChI=1S/C52H83N3O15P2/c1-3-5-7-9-11-13-15-17-19-20-21-22-24-25-27-29-31-33-35-37-47(56)65-41-44(68-48(57)38-36-34-32-30-28-26-23-18-16-14-12-10-8-6-4-2)42-66-71(61,62)70-72(63,64)67-43-45-49(58)50(59)51(69-45)55-40-39-46(53)54-52(55)60/h5,7,11,13-14,16-17,19,21-22,25,27,31,33,39-40,44-45,49-51,58-59H,3-4,6,8-10,12,15,18,20,23-24,26,28-30,32,34-38,41-43H2,1-2H3,(H,61,62)(H,63,64)(H2,53,54,60)/b7-5-,13-11-,16-14-,19-17-,22-21-,27-25-,33-31-/t44-,45-,49+,50?,51-/m1/s1. The Labute approximate surface area is 427 Å². The van der Waals surface area contributed by atoms with Crippen molar-refractivity contribution in [3.63, 3.8) is 0 Å². The number of hydrogen-bond donors (Lipinski definition) is 5. The maximum absolute atomic E-state index is 12.9. The van der Waals surface area contributed by atoms with Crippen LogP contribution in [0.5, 0.6) is 0 Å². The van der Waals surface area contributed by atoms with Gasteiger partial charge < -0.3 is 39.9 Å². The third kappa shape index (κ3) is 31.5. The topological polar surface area (TPSA) is 265 Å². The lowest BCUT2D eigenvalue weighted by Crippen LogP contribution is -2.36. The van der Waals surface area contributed by atoms with E-state index in [1.807, 2.05) is 18.2 Å². The minimum absolute atomic E-state index is 0.00304. The summed E-state index contributed by atoms with van der Waals surface area (Å²) in [6.07, 6.45) is 42.5. The number of phosphoric ester groups is 2. The first-order valence-corrected chi connectivity index (χ1v) is 28.6. The van der Waals surface area contributed by atoms with Crippen LogP contribution in [-0.2, 0) is 46.3 Å². The van der Waals surface area contributed by atoms with E-state index in [1.165, 1.54) is 31.7 Å². The highest BCUT2D eigenvalue weighted by atomic mass is 31.3. The number of phosphoric acid groups is 2. The number of nitrogens with zero attached hydrogens (tertiary/aromatic N) is 2. The number of ether oxygens (including phenoxy) is 3. The first kappa shape index (κ1) is 64.1. The molecule has 0 aromatic carbocycles. The van der Waals surface area contributed by atoms with Crippen LogP contribution < -0.4 is 11.4 Å². The zero-order chi connectivity index (χ0) is 52.7. The Hall–Kier alpha value is -4.06. The van der Waals surface area contributed by atoms with E-state index in [4.69, 9.17) is 29.0 Å². The molecule has 1 aliphatic rings. The SMILES string of the molecule is CC/C=C\C/C=C\C/C=C\C/C=C\C/C=C\C/C=C\CCC(=O)OC[C@H](COP(=O)(O)OP(=O)(O)OC[C@H]1O[C@@H](n2ccc(N)nc2=O)C(O)[C@H]1O)OC(=O)CCCCCCCCC/C=C\CCCCCC. The third-order valence-electron chi connectivity index (χ3n) is 11.0. The summed E-state index contributed by atoms with van der Waals surface area (Å²) in [6, 6.07) is 1.24. The molecule has 18 nitrogen and oxygen atoms in total.